The fraction of sp³-hybridized carbons (Fsp3) is 0.632. The largest absolute Gasteiger partial charge is 0.496 e. The molecular formula is C19H28ClN3O2. The van der Waals surface area contributed by atoms with Crippen LogP contribution in [0.25, 0.3) is 0 Å². The molecule has 25 heavy (non-hydrogen) atoms. The van der Waals surface area contributed by atoms with Crippen LogP contribution in [0.3, 0.4) is 0 Å². The highest BCUT2D eigenvalue weighted by molar-refractivity contribution is 6.30. The van der Waals surface area contributed by atoms with Crippen molar-refractivity contribution in [2.75, 3.05) is 39.8 Å². The van der Waals surface area contributed by atoms with Gasteiger partial charge in [0.2, 0.25) is 5.91 Å². The molecule has 2 fully saturated rings. The van der Waals surface area contributed by atoms with Crippen molar-refractivity contribution in [3.63, 3.8) is 0 Å². The van der Waals surface area contributed by atoms with Gasteiger partial charge in [-0.3, -0.25) is 9.69 Å². The van der Waals surface area contributed by atoms with E-state index in [0.29, 0.717) is 11.9 Å². The molecule has 6 heteroatoms. The first-order chi connectivity index (χ1) is 12.1. The van der Waals surface area contributed by atoms with Crippen molar-refractivity contribution >= 4 is 17.5 Å². The molecule has 2 saturated heterocycles. The van der Waals surface area contributed by atoms with E-state index < -0.39 is 0 Å². The smallest absolute Gasteiger partial charge is 0.225 e. The number of carbonyl (C=O) groups is 1. The van der Waals surface area contributed by atoms with Crippen LogP contribution in [-0.4, -0.2) is 61.6 Å². The van der Waals surface area contributed by atoms with Gasteiger partial charge in [-0.05, 0) is 44.5 Å². The number of rotatable bonds is 4. The molecule has 0 aliphatic carbocycles. The van der Waals surface area contributed by atoms with Crippen molar-refractivity contribution in [3.8, 4) is 5.75 Å². The second-order valence-corrected chi connectivity index (χ2v) is 7.57. The maximum atomic E-state index is 12.8. The molecule has 1 amide bonds. The van der Waals surface area contributed by atoms with Gasteiger partial charge in [-0.15, -0.1) is 0 Å². The normalized spacial score (nSPS) is 25.0. The Bertz CT molecular complexity index is 602. The first-order valence-corrected chi connectivity index (χ1v) is 9.51. The summed E-state index contributed by atoms with van der Waals surface area (Å²) in [7, 11) is 1.68. The Hall–Kier alpha value is -1.30. The average molecular weight is 366 g/mol. The van der Waals surface area contributed by atoms with Crippen molar-refractivity contribution in [2.24, 2.45) is 5.92 Å². The molecule has 0 radical (unpaired) electrons. The highest BCUT2D eigenvalue weighted by Gasteiger charge is 2.30. The standard InChI is InChI=1S/C19H28ClN3O2/c1-14-11-15(5-6-21-14)19(24)23-9-7-22(8-10-23)13-16-12-17(20)3-4-18(16)25-2/h3-4,12,14-15,21H,5-11,13H2,1-2H3/t14-,15-/m0/s1. The Kier molecular flexibility index (Phi) is 6.20. The third-order valence-electron chi connectivity index (χ3n) is 5.29. The first kappa shape index (κ1) is 18.5. The van der Waals surface area contributed by atoms with Crippen molar-refractivity contribution in [1.82, 2.24) is 15.1 Å². The lowest BCUT2D eigenvalue weighted by Gasteiger charge is -2.38. The maximum absolute atomic E-state index is 12.8. The molecule has 2 atom stereocenters. The lowest BCUT2D eigenvalue weighted by molar-refractivity contribution is -0.138. The number of piperidine rings is 1. The number of piperazine rings is 1. The summed E-state index contributed by atoms with van der Waals surface area (Å²) in [5.41, 5.74) is 1.10. The van der Waals surface area contributed by atoms with E-state index in [1.807, 2.05) is 18.2 Å². The molecule has 138 valence electrons. The topological polar surface area (TPSA) is 44.8 Å². The fourth-order valence-corrected chi connectivity index (χ4v) is 4.05. The molecule has 3 rings (SSSR count). The van der Waals surface area contributed by atoms with Crippen LogP contribution in [-0.2, 0) is 11.3 Å². The van der Waals surface area contributed by atoms with Crippen molar-refractivity contribution in [1.29, 1.82) is 0 Å². The van der Waals surface area contributed by atoms with Gasteiger partial charge < -0.3 is 15.0 Å². The molecule has 0 aromatic heterocycles. The first-order valence-electron chi connectivity index (χ1n) is 9.13. The second kappa shape index (κ2) is 8.39. The van der Waals surface area contributed by atoms with Crippen LogP contribution in [0.1, 0.15) is 25.3 Å². The van der Waals surface area contributed by atoms with E-state index in [0.717, 1.165) is 68.4 Å². The van der Waals surface area contributed by atoms with Crippen molar-refractivity contribution in [3.05, 3.63) is 28.8 Å². The summed E-state index contributed by atoms with van der Waals surface area (Å²) in [6, 6.07) is 6.17. The van der Waals surface area contributed by atoms with Crippen molar-refractivity contribution in [2.45, 2.75) is 32.4 Å². The molecule has 2 heterocycles. The molecule has 0 unspecified atom stereocenters. The number of carbonyl (C=O) groups excluding carboxylic acids is 1. The minimum atomic E-state index is 0.191. The summed E-state index contributed by atoms with van der Waals surface area (Å²) >= 11 is 6.12. The van der Waals surface area contributed by atoms with Gasteiger partial charge in [0, 0.05) is 55.3 Å². The van der Waals surface area contributed by atoms with Gasteiger partial charge in [-0.1, -0.05) is 11.6 Å². The number of nitrogens with zero attached hydrogens (tertiary/aromatic N) is 2. The molecule has 0 spiro atoms. The predicted molar refractivity (Wildman–Crippen MR) is 100 cm³/mol. The van der Waals surface area contributed by atoms with Crippen LogP contribution >= 0.6 is 11.6 Å². The van der Waals surface area contributed by atoms with E-state index in [9.17, 15) is 4.79 Å². The van der Waals surface area contributed by atoms with Gasteiger partial charge in [-0.25, -0.2) is 0 Å². The zero-order chi connectivity index (χ0) is 17.8. The van der Waals surface area contributed by atoms with Crippen molar-refractivity contribution < 1.29 is 9.53 Å². The lowest BCUT2D eigenvalue weighted by Crippen LogP contribution is -2.51. The molecule has 0 saturated carbocycles. The predicted octanol–water partition coefficient (Wildman–Crippen LogP) is 2.38. The quantitative estimate of drug-likeness (QED) is 0.889. The van der Waals surface area contributed by atoms with E-state index in [1.54, 1.807) is 7.11 Å². The monoisotopic (exact) mass is 365 g/mol. The minimum absolute atomic E-state index is 0.191. The Morgan fingerprint density at radius 2 is 2.08 bits per heavy atom. The number of amides is 1. The lowest BCUT2D eigenvalue weighted by atomic mass is 9.92. The maximum Gasteiger partial charge on any atom is 0.225 e. The summed E-state index contributed by atoms with van der Waals surface area (Å²) in [4.78, 5) is 17.2. The van der Waals surface area contributed by atoms with Gasteiger partial charge in [0.1, 0.15) is 5.75 Å². The van der Waals surface area contributed by atoms with Crippen LogP contribution in [0.4, 0.5) is 0 Å². The Labute approximate surface area is 155 Å². The summed E-state index contributed by atoms with van der Waals surface area (Å²) in [6.07, 6.45) is 1.92. The molecule has 1 aromatic rings. The number of nitrogens with one attached hydrogen (secondary N) is 1. The highest BCUT2D eigenvalue weighted by atomic mass is 35.5. The number of methoxy groups -OCH3 is 1. The molecule has 2 aliphatic heterocycles. The number of hydrogen-bond donors (Lipinski definition) is 1. The summed E-state index contributed by atoms with van der Waals surface area (Å²) in [5, 5.41) is 4.14. The molecule has 1 aromatic carbocycles. The minimum Gasteiger partial charge on any atom is -0.496 e. The Morgan fingerprint density at radius 3 is 2.76 bits per heavy atom. The molecule has 5 nitrogen and oxygen atoms in total. The number of hydrogen-bond acceptors (Lipinski definition) is 4. The van der Waals surface area contributed by atoms with Gasteiger partial charge in [0.15, 0.2) is 0 Å². The third kappa shape index (κ3) is 4.66. The van der Waals surface area contributed by atoms with Crippen LogP contribution in [0.5, 0.6) is 5.75 Å². The van der Waals surface area contributed by atoms with Crippen LogP contribution < -0.4 is 10.1 Å². The molecule has 1 N–H and O–H groups in total. The number of benzene rings is 1. The SMILES string of the molecule is COc1ccc(Cl)cc1CN1CCN(C(=O)[C@H]2CCN[C@@H](C)C2)CC1. The second-order valence-electron chi connectivity index (χ2n) is 7.13. The zero-order valence-corrected chi connectivity index (χ0v) is 15.9. The van der Waals surface area contributed by atoms with Gasteiger partial charge >= 0.3 is 0 Å². The van der Waals surface area contributed by atoms with Crippen LogP contribution in [0.2, 0.25) is 5.02 Å². The van der Waals surface area contributed by atoms with Crippen LogP contribution in [0.15, 0.2) is 18.2 Å². The Morgan fingerprint density at radius 1 is 1.32 bits per heavy atom. The van der Waals surface area contributed by atoms with Crippen LogP contribution in [0, 0.1) is 5.92 Å². The van der Waals surface area contributed by atoms with E-state index >= 15 is 0 Å². The van der Waals surface area contributed by atoms with Gasteiger partial charge in [0.25, 0.3) is 0 Å². The summed E-state index contributed by atoms with van der Waals surface area (Å²) in [5.74, 6) is 1.40. The van der Waals surface area contributed by atoms with E-state index in [2.05, 4.69) is 22.0 Å². The molecule has 0 bridgehead atoms. The summed E-state index contributed by atoms with van der Waals surface area (Å²) < 4.78 is 5.43. The summed E-state index contributed by atoms with van der Waals surface area (Å²) in [6.45, 7) is 7.31. The number of ether oxygens (including phenoxy) is 1. The average Bonchev–Trinajstić information content (AvgIpc) is 2.62. The zero-order valence-electron chi connectivity index (χ0n) is 15.1. The number of halogens is 1. The van der Waals surface area contributed by atoms with Gasteiger partial charge in [-0.2, -0.15) is 0 Å². The van der Waals surface area contributed by atoms with E-state index in [-0.39, 0.29) is 5.92 Å². The van der Waals surface area contributed by atoms with E-state index in [1.165, 1.54) is 0 Å². The molecular weight excluding hydrogens is 338 g/mol. The van der Waals surface area contributed by atoms with E-state index in [4.69, 9.17) is 16.3 Å². The molecule has 2 aliphatic rings. The fourth-order valence-electron chi connectivity index (χ4n) is 3.85. The van der Waals surface area contributed by atoms with Gasteiger partial charge in [0.05, 0.1) is 7.11 Å². The third-order valence-corrected chi connectivity index (χ3v) is 5.53. The Balaban J connectivity index is 1.53. The highest BCUT2D eigenvalue weighted by Crippen LogP contribution is 2.25.